The van der Waals surface area contributed by atoms with E-state index in [0.717, 1.165) is 37.0 Å². The van der Waals surface area contributed by atoms with Crippen LogP contribution in [0.15, 0.2) is 37.4 Å². The summed E-state index contributed by atoms with van der Waals surface area (Å²) >= 11 is 0. The Labute approximate surface area is 208 Å². The number of aromatic nitrogens is 1. The lowest BCUT2D eigenvalue weighted by Crippen LogP contribution is -2.55. The third kappa shape index (κ3) is 4.93. The number of nitrogens with zero attached hydrogens (tertiary/aromatic N) is 3. The van der Waals surface area contributed by atoms with E-state index in [-0.39, 0.29) is 29.8 Å². The number of piperidine rings is 1. The number of imide groups is 1. The Morgan fingerprint density at radius 3 is 2.74 bits per heavy atom. The molecule has 188 valence electrons. The molecule has 1 saturated heterocycles. The first-order valence-corrected chi connectivity index (χ1v) is 12.7. The van der Waals surface area contributed by atoms with Crippen molar-refractivity contribution < 1.29 is 9.59 Å². The van der Waals surface area contributed by atoms with Crippen LogP contribution in [0.4, 0.5) is 4.79 Å². The van der Waals surface area contributed by atoms with Crippen LogP contribution in [0.2, 0.25) is 0 Å². The van der Waals surface area contributed by atoms with Gasteiger partial charge in [0.15, 0.2) is 0 Å². The molecule has 1 unspecified atom stereocenters. The van der Waals surface area contributed by atoms with Crippen LogP contribution in [-0.4, -0.2) is 84.5 Å². The van der Waals surface area contributed by atoms with Crippen LogP contribution in [0.25, 0.3) is 17.0 Å². The molecule has 1 fully saturated rings. The molecule has 0 saturated carbocycles. The van der Waals surface area contributed by atoms with Crippen LogP contribution in [0.5, 0.6) is 0 Å². The van der Waals surface area contributed by atoms with Crippen LogP contribution >= 0.6 is 0 Å². The van der Waals surface area contributed by atoms with E-state index in [1.807, 2.05) is 33.2 Å². The Bertz CT molecular complexity index is 1100. The van der Waals surface area contributed by atoms with E-state index in [2.05, 4.69) is 51.5 Å². The molecule has 1 aliphatic heterocycles. The SMILES string of the molecule is C=CCN1C[C@H](C(=O)N(CCCN(C)C)C(=O)NCC)CC2c3cccc4[nH]c(C=C)c(c34)C[C@H]21. The van der Waals surface area contributed by atoms with Gasteiger partial charge in [-0.25, -0.2) is 4.79 Å². The molecule has 2 N–H and O–H groups in total. The molecule has 1 aromatic carbocycles. The fraction of sp³-hybridized carbons (Fsp3) is 0.500. The molecule has 0 bridgehead atoms. The van der Waals surface area contributed by atoms with E-state index < -0.39 is 0 Å². The second-order valence-electron chi connectivity index (χ2n) is 10.0. The lowest BCUT2D eigenvalue weighted by molar-refractivity contribution is -0.135. The molecule has 1 aromatic heterocycles. The van der Waals surface area contributed by atoms with Crippen molar-refractivity contribution in [2.24, 2.45) is 5.92 Å². The number of nitrogens with one attached hydrogen (secondary N) is 2. The summed E-state index contributed by atoms with van der Waals surface area (Å²) in [5.74, 6) is -0.0889. The van der Waals surface area contributed by atoms with Crippen molar-refractivity contribution >= 4 is 28.9 Å². The summed E-state index contributed by atoms with van der Waals surface area (Å²) in [7, 11) is 4.01. The van der Waals surface area contributed by atoms with Gasteiger partial charge in [0, 0.05) is 54.7 Å². The number of aromatic amines is 1. The molecule has 2 aliphatic rings. The van der Waals surface area contributed by atoms with Gasteiger partial charge in [-0.1, -0.05) is 24.8 Å². The Morgan fingerprint density at radius 2 is 2.06 bits per heavy atom. The Balaban J connectivity index is 1.66. The molecule has 4 rings (SSSR count). The van der Waals surface area contributed by atoms with Crippen molar-refractivity contribution in [1.82, 2.24) is 25.0 Å². The minimum Gasteiger partial charge on any atom is -0.355 e. The lowest BCUT2D eigenvalue weighted by atomic mass is 9.71. The van der Waals surface area contributed by atoms with E-state index >= 15 is 0 Å². The van der Waals surface area contributed by atoms with Crippen LogP contribution in [-0.2, 0) is 11.2 Å². The van der Waals surface area contributed by atoms with E-state index in [9.17, 15) is 9.59 Å². The topological polar surface area (TPSA) is 71.7 Å². The summed E-state index contributed by atoms with van der Waals surface area (Å²) in [5.41, 5.74) is 4.83. The van der Waals surface area contributed by atoms with E-state index in [1.165, 1.54) is 21.4 Å². The number of urea groups is 1. The minimum atomic E-state index is -0.289. The molecule has 2 heterocycles. The third-order valence-corrected chi connectivity index (χ3v) is 7.48. The maximum absolute atomic E-state index is 13.8. The Morgan fingerprint density at radius 1 is 1.26 bits per heavy atom. The van der Waals surface area contributed by atoms with Crippen molar-refractivity contribution in [3.63, 3.8) is 0 Å². The molecule has 7 heteroatoms. The van der Waals surface area contributed by atoms with Crippen molar-refractivity contribution in [1.29, 1.82) is 0 Å². The lowest BCUT2D eigenvalue weighted by Gasteiger charge is -2.47. The first kappa shape index (κ1) is 25.2. The van der Waals surface area contributed by atoms with Crippen molar-refractivity contribution in [3.05, 3.63) is 54.3 Å². The smallest absolute Gasteiger partial charge is 0.324 e. The minimum absolute atomic E-state index is 0.0685. The number of amides is 3. The second-order valence-corrected chi connectivity index (χ2v) is 10.0. The largest absolute Gasteiger partial charge is 0.355 e. The standard InChI is InChI=1S/C28H39N5O2/c1-6-13-32-18-19(27(34)33(28(35)29-8-3)15-10-14-31(4)5)16-21-20-11-9-12-24-26(20)22(17-25(21)32)23(7-2)30-24/h6-7,9,11-12,19,21,25,30H,1-2,8,10,13-18H2,3-5H3,(H,29,35)/t19-,21?,25-/m1/s1. The number of fused-ring (bicyclic) bond motifs is 2. The third-order valence-electron chi connectivity index (χ3n) is 7.48. The maximum atomic E-state index is 13.8. The number of H-pyrrole nitrogens is 1. The van der Waals surface area contributed by atoms with Crippen LogP contribution in [0.1, 0.15) is 42.5 Å². The van der Waals surface area contributed by atoms with Crippen LogP contribution in [0.3, 0.4) is 0 Å². The highest BCUT2D eigenvalue weighted by atomic mass is 16.2. The molecule has 1 aliphatic carbocycles. The van der Waals surface area contributed by atoms with Gasteiger partial charge in [-0.15, -0.1) is 6.58 Å². The van der Waals surface area contributed by atoms with E-state index in [0.29, 0.717) is 26.2 Å². The normalized spacial score (nSPS) is 21.5. The van der Waals surface area contributed by atoms with Gasteiger partial charge >= 0.3 is 6.03 Å². The van der Waals surface area contributed by atoms with Gasteiger partial charge < -0.3 is 15.2 Å². The number of rotatable bonds is 9. The second kappa shape index (κ2) is 10.8. The van der Waals surface area contributed by atoms with Gasteiger partial charge in [0.25, 0.3) is 0 Å². The molecule has 2 aromatic rings. The quantitative estimate of drug-likeness (QED) is 0.539. The zero-order chi connectivity index (χ0) is 25.1. The molecule has 0 spiro atoms. The summed E-state index contributed by atoms with van der Waals surface area (Å²) in [6, 6.07) is 6.42. The van der Waals surface area contributed by atoms with E-state index in [4.69, 9.17) is 0 Å². The number of benzene rings is 1. The predicted octanol–water partition coefficient (Wildman–Crippen LogP) is 3.84. The van der Waals surface area contributed by atoms with Crippen molar-refractivity contribution in [2.75, 3.05) is 46.8 Å². The van der Waals surface area contributed by atoms with E-state index in [1.54, 1.807) is 0 Å². The van der Waals surface area contributed by atoms with Crippen molar-refractivity contribution in [3.8, 4) is 0 Å². The summed E-state index contributed by atoms with van der Waals surface area (Å²) in [5, 5.41) is 4.12. The number of carbonyl (C=O) groups is 2. The average Bonchev–Trinajstić information content (AvgIpc) is 3.20. The van der Waals surface area contributed by atoms with Crippen molar-refractivity contribution in [2.45, 2.75) is 38.1 Å². The first-order valence-electron chi connectivity index (χ1n) is 12.7. The highest BCUT2D eigenvalue weighted by molar-refractivity contribution is 5.96. The molecular weight excluding hydrogens is 438 g/mol. The summed E-state index contributed by atoms with van der Waals surface area (Å²) < 4.78 is 0. The molecule has 0 radical (unpaired) electrons. The molecule has 35 heavy (non-hydrogen) atoms. The fourth-order valence-corrected chi connectivity index (χ4v) is 5.97. The number of hydrogen-bond donors (Lipinski definition) is 2. The van der Waals surface area contributed by atoms with Gasteiger partial charge in [0.1, 0.15) is 0 Å². The first-order chi connectivity index (χ1) is 16.9. The molecule has 3 amide bonds. The van der Waals surface area contributed by atoms with Gasteiger partial charge in [-0.2, -0.15) is 0 Å². The maximum Gasteiger partial charge on any atom is 0.324 e. The fourth-order valence-electron chi connectivity index (χ4n) is 5.97. The zero-order valence-electron chi connectivity index (χ0n) is 21.3. The highest BCUT2D eigenvalue weighted by Crippen LogP contribution is 2.46. The number of likely N-dealkylation sites (tertiary alicyclic amines) is 1. The monoisotopic (exact) mass is 477 g/mol. The average molecular weight is 478 g/mol. The predicted molar refractivity (Wildman–Crippen MR) is 142 cm³/mol. The Kier molecular flexibility index (Phi) is 7.77. The zero-order valence-corrected chi connectivity index (χ0v) is 21.3. The summed E-state index contributed by atoms with van der Waals surface area (Å²) in [6.07, 6.45) is 6.24. The number of hydrogen-bond acceptors (Lipinski definition) is 4. The van der Waals surface area contributed by atoms with Gasteiger partial charge in [0.05, 0.1) is 5.92 Å². The Hall–Kier alpha value is -2.90. The van der Waals surface area contributed by atoms with Crippen LogP contribution < -0.4 is 5.32 Å². The summed E-state index contributed by atoms with van der Waals surface area (Å²) in [6.45, 7) is 13.0. The highest BCUT2D eigenvalue weighted by Gasteiger charge is 2.44. The molecular formula is C28H39N5O2. The molecule has 7 nitrogen and oxygen atoms in total. The van der Waals surface area contributed by atoms with Gasteiger partial charge in [-0.3, -0.25) is 14.6 Å². The van der Waals surface area contributed by atoms with Gasteiger partial charge in [-0.05, 0) is 70.1 Å². The summed E-state index contributed by atoms with van der Waals surface area (Å²) in [4.78, 5) is 36.2. The number of carbonyl (C=O) groups excluding carboxylic acids is 2. The van der Waals surface area contributed by atoms with Gasteiger partial charge in [0.2, 0.25) is 5.91 Å². The molecule has 3 atom stereocenters. The van der Waals surface area contributed by atoms with Crippen LogP contribution in [0, 0.1) is 5.92 Å².